The highest BCUT2D eigenvalue weighted by Gasteiger charge is 2.53. The van der Waals surface area contributed by atoms with Gasteiger partial charge in [-0.15, -0.1) is 0 Å². The number of ketones is 2. The van der Waals surface area contributed by atoms with E-state index in [1.165, 1.54) is 0 Å². The molecule has 2 bridgehead atoms. The number of cyclic esters (lactones) is 1. The van der Waals surface area contributed by atoms with Crippen molar-refractivity contribution in [3.8, 4) is 0 Å². The molecule has 0 aromatic heterocycles. The number of hydrogen-bond donors (Lipinski definition) is 5. The number of nitrogens with two attached hydrogens (primary N) is 1. The molecule has 15 atom stereocenters. The summed E-state index contributed by atoms with van der Waals surface area (Å²) >= 11 is 0. The van der Waals surface area contributed by atoms with E-state index in [1.54, 1.807) is 48.0 Å². The number of Topliss-reactive ketones (excluding diaryl/α,β-unsaturated/α-hetero) is 2. The van der Waals surface area contributed by atoms with Gasteiger partial charge < -0.3 is 50.3 Å². The lowest BCUT2D eigenvalue weighted by molar-refractivity contribution is -0.265. The second kappa shape index (κ2) is 25.3. The van der Waals surface area contributed by atoms with Crippen molar-refractivity contribution in [1.82, 2.24) is 4.90 Å². The van der Waals surface area contributed by atoms with E-state index in [9.17, 15) is 34.5 Å². The summed E-state index contributed by atoms with van der Waals surface area (Å²) in [4.78, 5) is 60.3. The van der Waals surface area contributed by atoms with Crippen LogP contribution in [0.25, 0.3) is 10.4 Å². The van der Waals surface area contributed by atoms with Gasteiger partial charge in [0.2, 0.25) is 5.79 Å². The third-order valence-electron chi connectivity index (χ3n) is 14.3. The van der Waals surface area contributed by atoms with Gasteiger partial charge in [-0.25, -0.2) is 4.79 Å². The number of esters is 1. The number of piperidine rings is 1. The molecule has 3 heterocycles. The summed E-state index contributed by atoms with van der Waals surface area (Å²) in [6.45, 7) is 10.6. The first-order chi connectivity index (χ1) is 31.2. The van der Waals surface area contributed by atoms with Crippen molar-refractivity contribution < 1.29 is 53.4 Å². The number of aliphatic hydroxyl groups is 3. The van der Waals surface area contributed by atoms with E-state index >= 15 is 0 Å². The minimum atomic E-state index is -2.45. The van der Waals surface area contributed by atoms with Gasteiger partial charge in [0.15, 0.2) is 5.78 Å². The molecule has 4 rings (SSSR count). The highest BCUT2D eigenvalue weighted by Crippen LogP contribution is 2.37. The summed E-state index contributed by atoms with van der Waals surface area (Å²) in [6, 6.07) is -2.32. The first-order valence-corrected chi connectivity index (χ1v) is 23.7. The number of methoxy groups -OCH3 is 2. The van der Waals surface area contributed by atoms with Crippen molar-refractivity contribution in [3.63, 3.8) is 0 Å². The van der Waals surface area contributed by atoms with Crippen LogP contribution in [0, 0.1) is 35.0 Å². The number of rotatable bonds is 6. The molecule has 3 fully saturated rings. The van der Waals surface area contributed by atoms with Crippen molar-refractivity contribution in [2.75, 3.05) is 20.8 Å². The Morgan fingerprint density at radius 2 is 1.68 bits per heavy atom. The maximum Gasteiger partial charge on any atom is 0.329 e. The summed E-state index contributed by atoms with van der Waals surface area (Å²) in [5.74, 6) is -7.95. The average molecular weight is 925 g/mol. The number of amides is 1. The van der Waals surface area contributed by atoms with Gasteiger partial charge in [0.1, 0.15) is 24.4 Å². The fourth-order valence-electron chi connectivity index (χ4n) is 9.90. The Kier molecular flexibility index (Phi) is 20.9. The summed E-state index contributed by atoms with van der Waals surface area (Å²) < 4.78 is 23.8. The number of aliphatic hydroxyl groups excluding tert-OH is 2. The lowest BCUT2D eigenvalue weighted by atomic mass is 9.79. The molecule has 1 amide bonds. The zero-order valence-electron chi connectivity index (χ0n) is 40.2. The minimum absolute atomic E-state index is 0.00361. The van der Waals surface area contributed by atoms with Gasteiger partial charge in [-0.3, -0.25) is 14.4 Å². The third-order valence-corrected chi connectivity index (χ3v) is 14.3. The molecule has 0 aromatic carbocycles. The lowest BCUT2D eigenvalue weighted by Crippen LogP contribution is -2.61. The predicted octanol–water partition coefficient (Wildman–Crippen LogP) is 5.99. The fraction of sp³-hybridized carbons (Fsp3) is 0.735. The minimum Gasteiger partial charge on any atom is -0.459 e. The second-order valence-electron chi connectivity index (χ2n) is 19.3. The molecule has 1 saturated carbocycles. The van der Waals surface area contributed by atoms with E-state index < -0.39 is 89.6 Å². The molecule has 0 aromatic rings. The Hall–Kier alpha value is -4.06. The SMILES string of the molecule is CO[C@H]1C[C@@H]2CC[C@@H](C)[C@@](O)(O2)C(=O)C(=O)N2CCCC[C@H]2C(=O)O[C@H]([C@H](N)C[C@@H]2CCC(N=[N+]=[N-])[C@H](OC)C2)CC(=N)[C@H](C)/C=C(\C)[C@@H](O)[C@@H](O)C(=O)[C@H](C)C[C@H](C)/C=C/C=CC=C1C. The van der Waals surface area contributed by atoms with Crippen LogP contribution in [0.15, 0.2) is 52.7 Å². The molecule has 368 valence electrons. The van der Waals surface area contributed by atoms with Crippen LogP contribution in [0.5, 0.6) is 0 Å². The third kappa shape index (κ3) is 14.2. The maximum absolute atomic E-state index is 14.4. The molecule has 1 unspecified atom stereocenters. The molecule has 3 aliphatic heterocycles. The monoisotopic (exact) mass is 925 g/mol. The molecule has 4 aliphatic rings. The van der Waals surface area contributed by atoms with Crippen LogP contribution in [0.4, 0.5) is 0 Å². The van der Waals surface area contributed by atoms with Gasteiger partial charge in [0.05, 0.1) is 24.4 Å². The summed E-state index contributed by atoms with van der Waals surface area (Å²) in [6.07, 6.45) is 10.2. The fourth-order valence-corrected chi connectivity index (χ4v) is 9.90. The lowest BCUT2D eigenvalue weighted by Gasteiger charge is -2.42. The Labute approximate surface area is 390 Å². The zero-order chi connectivity index (χ0) is 48.9. The molecule has 6 N–H and O–H groups in total. The second-order valence-corrected chi connectivity index (χ2v) is 19.3. The van der Waals surface area contributed by atoms with Crippen molar-refractivity contribution in [2.24, 2.45) is 40.4 Å². The van der Waals surface area contributed by atoms with Crippen LogP contribution in [-0.2, 0) is 38.1 Å². The van der Waals surface area contributed by atoms with Crippen LogP contribution in [0.1, 0.15) is 119 Å². The van der Waals surface area contributed by atoms with Crippen LogP contribution in [0.3, 0.4) is 0 Å². The first kappa shape index (κ1) is 54.5. The topological polar surface area (TPSA) is 268 Å². The largest absolute Gasteiger partial charge is 0.459 e. The molecule has 66 heavy (non-hydrogen) atoms. The molecule has 0 radical (unpaired) electrons. The van der Waals surface area contributed by atoms with Gasteiger partial charge in [-0.1, -0.05) is 69.3 Å². The van der Waals surface area contributed by atoms with Crippen molar-refractivity contribution in [2.45, 2.75) is 179 Å². The van der Waals surface area contributed by atoms with E-state index in [0.29, 0.717) is 64.2 Å². The molecule has 2 saturated heterocycles. The van der Waals surface area contributed by atoms with E-state index in [0.717, 1.165) is 10.5 Å². The standard InChI is InChI=1S/C49H76N6O11/c1-28-14-10-9-11-15-29(2)40(63-7)26-35-19-17-33(6)49(62,66-35)46(59)47(60)55-21-13-12-16-39(55)48(61)65-41(37(51)24-34-18-20-38(53-54-52)42(25-34)64-8)27-36(50)30(3)23-32(5)44(57)45(58)43(56)31(4)22-28/h9-11,14-15,23,28,30-31,33-35,37-42,44-45,50,57-58,62H,12-13,16-22,24-27,51H2,1-8H3/b11-9?,14-10+,29-15?,32-23+,50-36?/t28-,30-,31-,33-,34+,35+,37-,38?,39+,40+,41+,42-,44-,45+,49-/m1/s1. The highest BCUT2D eigenvalue weighted by atomic mass is 16.6. The molecule has 0 spiro atoms. The predicted molar refractivity (Wildman–Crippen MR) is 249 cm³/mol. The molecule has 1 aliphatic carbocycles. The van der Waals surface area contributed by atoms with Gasteiger partial charge >= 0.3 is 5.97 Å². The first-order valence-electron chi connectivity index (χ1n) is 23.7. The van der Waals surface area contributed by atoms with E-state index in [1.807, 2.05) is 44.2 Å². The summed E-state index contributed by atoms with van der Waals surface area (Å²) in [5, 5.41) is 47.2. The Bertz CT molecular complexity index is 1880. The number of carbonyl (C=O) groups excluding carboxylic acids is 4. The van der Waals surface area contributed by atoms with Crippen LogP contribution in [0.2, 0.25) is 0 Å². The summed E-state index contributed by atoms with van der Waals surface area (Å²) in [5.41, 5.74) is 17.2. The highest BCUT2D eigenvalue weighted by molar-refractivity contribution is 6.39. The molecule has 17 heteroatoms. The summed E-state index contributed by atoms with van der Waals surface area (Å²) in [7, 11) is 3.11. The van der Waals surface area contributed by atoms with Crippen molar-refractivity contribution in [1.29, 1.82) is 5.41 Å². The van der Waals surface area contributed by atoms with E-state index in [4.69, 9.17) is 35.6 Å². The van der Waals surface area contributed by atoms with Gasteiger partial charge in [0, 0.05) is 68.0 Å². The molecule has 17 nitrogen and oxygen atoms in total. The number of carbonyl (C=O) groups is 4. The number of nitrogens with zero attached hydrogens (tertiary/aromatic N) is 4. The number of fused-ring (bicyclic) bond motifs is 3. The maximum atomic E-state index is 14.4. The normalized spacial score (nSPS) is 38.5. The Morgan fingerprint density at radius 1 is 0.955 bits per heavy atom. The van der Waals surface area contributed by atoms with Crippen molar-refractivity contribution >= 4 is 29.2 Å². The number of allylic oxidation sites excluding steroid dienone is 6. The smallest absolute Gasteiger partial charge is 0.329 e. The number of nitrogens with one attached hydrogen (secondary N) is 1. The number of azide groups is 1. The van der Waals surface area contributed by atoms with Crippen LogP contribution < -0.4 is 5.73 Å². The van der Waals surface area contributed by atoms with Gasteiger partial charge in [-0.2, -0.15) is 0 Å². The Morgan fingerprint density at radius 3 is 2.36 bits per heavy atom. The average Bonchev–Trinajstić information content (AvgIpc) is 3.30. The van der Waals surface area contributed by atoms with Gasteiger partial charge in [0.25, 0.3) is 11.7 Å². The van der Waals surface area contributed by atoms with Gasteiger partial charge in [-0.05, 0) is 107 Å². The van der Waals surface area contributed by atoms with E-state index in [2.05, 4.69) is 10.0 Å². The van der Waals surface area contributed by atoms with E-state index in [-0.39, 0.29) is 54.7 Å². The van der Waals surface area contributed by atoms with Crippen molar-refractivity contribution in [3.05, 3.63) is 58.0 Å². The number of ether oxygens (including phenoxy) is 4. The quantitative estimate of drug-likeness (QED) is 0.0514. The zero-order valence-corrected chi connectivity index (χ0v) is 40.2. The van der Waals surface area contributed by atoms with Crippen LogP contribution in [-0.4, -0.2) is 131 Å². The molecular formula is C49H76N6O11. The molecular weight excluding hydrogens is 849 g/mol. The Balaban J connectivity index is 1.69. The number of hydrogen-bond acceptors (Lipinski definition) is 14. The van der Waals surface area contributed by atoms with Crippen LogP contribution >= 0.6 is 0 Å².